The van der Waals surface area contributed by atoms with Gasteiger partial charge in [0.25, 0.3) is 5.91 Å². The van der Waals surface area contributed by atoms with Crippen LogP contribution in [-0.4, -0.2) is 48.9 Å². The zero-order chi connectivity index (χ0) is 26.5. The lowest BCUT2D eigenvalue weighted by Crippen LogP contribution is -2.48. The molecule has 0 aliphatic rings. The van der Waals surface area contributed by atoms with Crippen molar-refractivity contribution in [3.8, 4) is 0 Å². The molecule has 3 aromatic heterocycles. The number of hydrogen-bond acceptors (Lipinski definition) is 5. The summed E-state index contributed by atoms with van der Waals surface area (Å²) in [6.07, 6.45) is 5.65. The molecule has 0 radical (unpaired) electrons. The van der Waals surface area contributed by atoms with Gasteiger partial charge in [-0.05, 0) is 43.0 Å². The number of H-pyrrole nitrogens is 2. The minimum atomic E-state index is -1.15. The predicted molar refractivity (Wildman–Crippen MR) is 138 cm³/mol. The number of carboxylic acids is 1. The summed E-state index contributed by atoms with van der Waals surface area (Å²) in [7, 11) is 0. The number of fused-ring (bicyclic) bond motifs is 1. The second-order valence-electron chi connectivity index (χ2n) is 9.42. The van der Waals surface area contributed by atoms with E-state index >= 15 is 0 Å². The largest absolute Gasteiger partial charge is 0.476 e. The number of benzene rings is 1. The number of carbonyl (C=O) groups excluding carboxylic acids is 2. The summed E-state index contributed by atoms with van der Waals surface area (Å²) < 4.78 is 0. The lowest BCUT2D eigenvalue weighted by atomic mass is 10.0. The SMILES string of the molecule is Cc1[nH]c([C@@H](Cc2c[nH]c3ccccc23)NC(=O)[C@H](CC(C)C)NC(=O)c2cccnc2)nc1C(=O)O. The van der Waals surface area contributed by atoms with Crippen molar-refractivity contribution in [1.82, 2.24) is 30.6 Å². The monoisotopic (exact) mass is 502 g/mol. The molecule has 10 heteroatoms. The second kappa shape index (κ2) is 11.1. The maximum absolute atomic E-state index is 13.5. The Morgan fingerprint density at radius 2 is 1.86 bits per heavy atom. The van der Waals surface area contributed by atoms with Crippen LogP contribution in [0.15, 0.2) is 55.0 Å². The van der Waals surface area contributed by atoms with Gasteiger partial charge in [0.2, 0.25) is 5.91 Å². The average Bonchev–Trinajstić information content (AvgIpc) is 3.47. The van der Waals surface area contributed by atoms with E-state index in [0.29, 0.717) is 29.9 Å². The highest BCUT2D eigenvalue weighted by Gasteiger charge is 2.28. The number of imidazole rings is 1. The summed E-state index contributed by atoms with van der Waals surface area (Å²) in [4.78, 5) is 52.5. The first-order valence-electron chi connectivity index (χ1n) is 12.1. The number of aromatic amines is 2. The molecule has 37 heavy (non-hydrogen) atoms. The van der Waals surface area contributed by atoms with Gasteiger partial charge in [-0.2, -0.15) is 0 Å². The van der Waals surface area contributed by atoms with Crippen molar-refractivity contribution in [2.24, 2.45) is 5.92 Å². The Hall–Kier alpha value is -4.47. The van der Waals surface area contributed by atoms with Gasteiger partial charge in [0, 0.05) is 41.6 Å². The summed E-state index contributed by atoms with van der Waals surface area (Å²) in [6.45, 7) is 5.56. The van der Waals surface area contributed by atoms with Gasteiger partial charge in [0.1, 0.15) is 11.9 Å². The van der Waals surface area contributed by atoms with E-state index in [2.05, 4.69) is 30.6 Å². The number of hydrogen-bond donors (Lipinski definition) is 5. The first kappa shape index (κ1) is 25.6. The van der Waals surface area contributed by atoms with Crippen LogP contribution in [0.4, 0.5) is 0 Å². The van der Waals surface area contributed by atoms with E-state index in [0.717, 1.165) is 16.5 Å². The standard InChI is InChI=1S/C27H30N6O4/c1-15(2)11-22(32-25(34)17-7-6-10-28-13-17)26(35)31-21(24-30-16(3)23(33-24)27(36)37)12-18-14-29-20-9-5-4-8-19(18)20/h4-10,13-15,21-22,29H,11-12H2,1-3H3,(H,30,33)(H,31,35)(H,32,34)(H,36,37)/t21-,22+/m1/s1. The maximum atomic E-state index is 13.5. The van der Waals surface area contributed by atoms with E-state index in [4.69, 9.17) is 0 Å². The molecule has 4 aromatic rings. The fraction of sp³-hybridized carbons (Fsp3) is 0.296. The summed E-state index contributed by atoms with van der Waals surface area (Å²) in [5.41, 5.74) is 2.53. The smallest absolute Gasteiger partial charge is 0.356 e. The first-order chi connectivity index (χ1) is 17.7. The molecule has 0 bridgehead atoms. The number of para-hydroxylation sites is 1. The topological polar surface area (TPSA) is 153 Å². The molecule has 3 heterocycles. The molecular formula is C27H30N6O4. The van der Waals surface area contributed by atoms with Crippen LogP contribution in [0.25, 0.3) is 10.9 Å². The number of nitrogens with zero attached hydrogens (tertiary/aromatic N) is 2. The average molecular weight is 503 g/mol. The number of carbonyl (C=O) groups is 3. The number of carboxylic acid groups (broad SMARTS) is 1. The van der Waals surface area contributed by atoms with Crippen LogP contribution in [0, 0.1) is 12.8 Å². The van der Waals surface area contributed by atoms with Crippen LogP contribution < -0.4 is 10.6 Å². The van der Waals surface area contributed by atoms with E-state index in [9.17, 15) is 19.5 Å². The van der Waals surface area contributed by atoms with E-state index < -0.39 is 24.0 Å². The lowest BCUT2D eigenvalue weighted by molar-refractivity contribution is -0.124. The van der Waals surface area contributed by atoms with Gasteiger partial charge >= 0.3 is 5.97 Å². The van der Waals surface area contributed by atoms with Gasteiger partial charge in [-0.25, -0.2) is 9.78 Å². The Kier molecular flexibility index (Phi) is 7.66. The number of rotatable bonds is 10. The third kappa shape index (κ3) is 6.03. The second-order valence-corrected chi connectivity index (χ2v) is 9.42. The highest BCUT2D eigenvalue weighted by molar-refractivity contribution is 5.97. The molecule has 192 valence electrons. The molecule has 0 saturated carbocycles. The van der Waals surface area contributed by atoms with Crippen LogP contribution in [0.3, 0.4) is 0 Å². The molecule has 4 rings (SSSR count). The van der Waals surface area contributed by atoms with Gasteiger partial charge in [-0.1, -0.05) is 32.0 Å². The van der Waals surface area contributed by atoms with Crippen molar-refractivity contribution in [3.63, 3.8) is 0 Å². The Balaban J connectivity index is 1.63. The molecule has 2 amide bonds. The fourth-order valence-corrected chi connectivity index (χ4v) is 4.31. The molecule has 0 aliphatic heterocycles. The van der Waals surface area contributed by atoms with Crippen LogP contribution in [-0.2, 0) is 11.2 Å². The van der Waals surface area contributed by atoms with Crippen molar-refractivity contribution in [2.45, 2.75) is 45.7 Å². The van der Waals surface area contributed by atoms with Crippen molar-refractivity contribution in [3.05, 3.63) is 83.3 Å². The van der Waals surface area contributed by atoms with Gasteiger partial charge in [-0.3, -0.25) is 14.6 Å². The highest BCUT2D eigenvalue weighted by Crippen LogP contribution is 2.24. The van der Waals surface area contributed by atoms with E-state index in [1.807, 2.05) is 44.3 Å². The van der Waals surface area contributed by atoms with E-state index in [-0.39, 0.29) is 17.5 Å². The van der Waals surface area contributed by atoms with Crippen molar-refractivity contribution >= 4 is 28.7 Å². The Labute approximate surface area is 213 Å². The number of amides is 2. The Bertz CT molecular complexity index is 1410. The minimum Gasteiger partial charge on any atom is -0.476 e. The first-order valence-corrected chi connectivity index (χ1v) is 12.1. The highest BCUT2D eigenvalue weighted by atomic mass is 16.4. The van der Waals surface area contributed by atoms with Crippen LogP contribution in [0.5, 0.6) is 0 Å². The summed E-state index contributed by atoms with van der Waals surface area (Å²) in [5.74, 6) is -1.48. The number of aromatic nitrogens is 4. The van der Waals surface area contributed by atoms with Crippen molar-refractivity contribution < 1.29 is 19.5 Å². The van der Waals surface area contributed by atoms with Gasteiger partial charge in [0.15, 0.2) is 5.69 Å². The molecule has 2 atom stereocenters. The summed E-state index contributed by atoms with van der Waals surface area (Å²) in [5, 5.41) is 16.3. The van der Waals surface area contributed by atoms with Crippen LogP contribution >= 0.6 is 0 Å². The van der Waals surface area contributed by atoms with Gasteiger partial charge in [0.05, 0.1) is 11.6 Å². The van der Waals surface area contributed by atoms with Crippen molar-refractivity contribution in [2.75, 3.05) is 0 Å². The lowest BCUT2D eigenvalue weighted by Gasteiger charge is -2.24. The normalized spacial score (nSPS) is 12.9. The number of nitrogens with one attached hydrogen (secondary N) is 4. The molecule has 0 aliphatic carbocycles. The zero-order valence-electron chi connectivity index (χ0n) is 20.9. The van der Waals surface area contributed by atoms with E-state index in [1.54, 1.807) is 25.3 Å². The molecule has 0 unspecified atom stereocenters. The third-order valence-corrected chi connectivity index (χ3v) is 6.10. The minimum absolute atomic E-state index is 0.100. The van der Waals surface area contributed by atoms with E-state index in [1.165, 1.54) is 6.20 Å². The third-order valence-electron chi connectivity index (χ3n) is 6.10. The van der Waals surface area contributed by atoms with Gasteiger partial charge in [-0.15, -0.1) is 0 Å². The fourth-order valence-electron chi connectivity index (χ4n) is 4.31. The van der Waals surface area contributed by atoms with Crippen molar-refractivity contribution in [1.29, 1.82) is 0 Å². The molecule has 0 fully saturated rings. The molecular weight excluding hydrogens is 472 g/mol. The Morgan fingerprint density at radius 1 is 1.08 bits per heavy atom. The molecule has 10 nitrogen and oxygen atoms in total. The van der Waals surface area contributed by atoms with Crippen LogP contribution in [0.1, 0.15) is 64.2 Å². The predicted octanol–water partition coefficient (Wildman–Crippen LogP) is 3.54. The quantitative estimate of drug-likeness (QED) is 0.224. The van der Waals surface area contributed by atoms with Gasteiger partial charge < -0.3 is 25.7 Å². The molecule has 5 N–H and O–H groups in total. The molecule has 0 saturated heterocycles. The molecule has 0 spiro atoms. The zero-order valence-corrected chi connectivity index (χ0v) is 20.9. The number of aromatic carboxylic acids is 1. The maximum Gasteiger partial charge on any atom is 0.356 e. The molecule has 1 aromatic carbocycles. The Morgan fingerprint density at radius 3 is 2.54 bits per heavy atom. The van der Waals surface area contributed by atoms with Crippen LogP contribution in [0.2, 0.25) is 0 Å². The summed E-state index contributed by atoms with van der Waals surface area (Å²) in [6, 6.07) is 9.60. The summed E-state index contributed by atoms with van der Waals surface area (Å²) >= 11 is 0. The number of pyridine rings is 1. The number of aryl methyl sites for hydroxylation is 1.